The van der Waals surface area contributed by atoms with E-state index in [1.54, 1.807) is 0 Å². The Morgan fingerprint density at radius 1 is 1.26 bits per heavy atom. The molecular formula is C16H18N2O. The van der Waals surface area contributed by atoms with E-state index in [9.17, 15) is 0 Å². The molecule has 3 heteroatoms. The van der Waals surface area contributed by atoms with Crippen molar-refractivity contribution in [3.05, 3.63) is 52.7 Å². The molecule has 1 aromatic heterocycles. The van der Waals surface area contributed by atoms with Crippen LogP contribution in [0.5, 0.6) is 5.75 Å². The molecule has 0 saturated carbocycles. The highest BCUT2D eigenvalue weighted by Gasteiger charge is 2.12. The Balaban J connectivity index is 1.74. The summed E-state index contributed by atoms with van der Waals surface area (Å²) < 4.78 is 5.52. The van der Waals surface area contributed by atoms with Crippen LogP contribution in [-0.2, 0) is 19.3 Å². The van der Waals surface area contributed by atoms with Gasteiger partial charge in [-0.3, -0.25) is 0 Å². The lowest BCUT2D eigenvalue weighted by atomic mass is 10.0. The van der Waals surface area contributed by atoms with Crippen molar-refractivity contribution in [1.29, 1.82) is 0 Å². The number of rotatable bonds is 3. The van der Waals surface area contributed by atoms with Gasteiger partial charge in [0.2, 0.25) is 0 Å². The molecule has 2 aromatic rings. The van der Waals surface area contributed by atoms with Crippen LogP contribution in [0.15, 0.2) is 30.5 Å². The second kappa shape index (κ2) is 4.92. The van der Waals surface area contributed by atoms with Crippen molar-refractivity contribution < 1.29 is 4.74 Å². The molecule has 0 unspecified atom stereocenters. The summed E-state index contributed by atoms with van der Waals surface area (Å²) in [5.74, 6) is 1.69. The molecule has 1 aliphatic rings. The largest absolute Gasteiger partial charge is 0.493 e. The van der Waals surface area contributed by atoms with Gasteiger partial charge in [0.15, 0.2) is 0 Å². The molecule has 1 aliphatic heterocycles. The van der Waals surface area contributed by atoms with Gasteiger partial charge in [-0.1, -0.05) is 18.2 Å². The number of nitrogens with zero attached hydrogens (tertiary/aromatic N) is 1. The topological polar surface area (TPSA) is 48.1 Å². The Kier molecular flexibility index (Phi) is 3.11. The third-order valence-corrected chi connectivity index (χ3v) is 3.58. The number of hydrogen-bond acceptors (Lipinski definition) is 3. The summed E-state index contributed by atoms with van der Waals surface area (Å²) in [7, 11) is 0. The summed E-state index contributed by atoms with van der Waals surface area (Å²) in [6.45, 7) is 2.86. The second-order valence-corrected chi connectivity index (χ2v) is 5.10. The van der Waals surface area contributed by atoms with Gasteiger partial charge >= 0.3 is 0 Å². The lowest BCUT2D eigenvalue weighted by Gasteiger charge is -2.07. The third kappa shape index (κ3) is 2.55. The SMILES string of the molecule is Cc1cnc(N)c(CCc2ccc3c(c2)CCO3)c1. The molecular weight excluding hydrogens is 236 g/mol. The van der Waals surface area contributed by atoms with Gasteiger partial charge in [-0.15, -0.1) is 0 Å². The minimum absolute atomic E-state index is 0.648. The van der Waals surface area contributed by atoms with Gasteiger partial charge in [0, 0.05) is 12.6 Å². The fourth-order valence-corrected chi connectivity index (χ4v) is 2.51. The van der Waals surface area contributed by atoms with E-state index >= 15 is 0 Å². The predicted molar refractivity (Wildman–Crippen MR) is 76.4 cm³/mol. The van der Waals surface area contributed by atoms with Crippen molar-refractivity contribution in [2.75, 3.05) is 12.3 Å². The van der Waals surface area contributed by atoms with Crippen molar-refractivity contribution in [2.24, 2.45) is 0 Å². The number of nitrogens with two attached hydrogens (primary N) is 1. The molecule has 3 nitrogen and oxygen atoms in total. The average Bonchev–Trinajstić information content (AvgIpc) is 2.87. The molecule has 2 heterocycles. The molecule has 0 saturated heterocycles. The van der Waals surface area contributed by atoms with Crippen LogP contribution in [0, 0.1) is 6.92 Å². The molecule has 19 heavy (non-hydrogen) atoms. The van der Waals surface area contributed by atoms with E-state index in [4.69, 9.17) is 10.5 Å². The summed E-state index contributed by atoms with van der Waals surface area (Å²) in [5, 5.41) is 0. The Bertz CT molecular complexity index is 608. The summed E-state index contributed by atoms with van der Waals surface area (Å²) in [5.41, 5.74) is 10.9. The van der Waals surface area contributed by atoms with Crippen molar-refractivity contribution >= 4 is 5.82 Å². The van der Waals surface area contributed by atoms with Gasteiger partial charge < -0.3 is 10.5 Å². The van der Waals surface area contributed by atoms with Crippen molar-refractivity contribution in [3.63, 3.8) is 0 Å². The van der Waals surface area contributed by atoms with Crippen LogP contribution in [0.2, 0.25) is 0 Å². The standard InChI is InChI=1S/C16H18N2O/c1-11-8-14(16(17)18-10-11)4-2-12-3-5-15-13(9-12)6-7-19-15/h3,5,8-10H,2,4,6-7H2,1H3,(H2,17,18). The maximum Gasteiger partial charge on any atom is 0.126 e. The second-order valence-electron chi connectivity index (χ2n) is 5.10. The highest BCUT2D eigenvalue weighted by Crippen LogP contribution is 2.26. The van der Waals surface area contributed by atoms with Crippen LogP contribution in [-0.4, -0.2) is 11.6 Å². The Morgan fingerprint density at radius 2 is 2.16 bits per heavy atom. The predicted octanol–water partition coefficient (Wildman–Crippen LogP) is 2.69. The fraction of sp³-hybridized carbons (Fsp3) is 0.312. The van der Waals surface area contributed by atoms with Crippen molar-refractivity contribution in [3.8, 4) is 5.75 Å². The van der Waals surface area contributed by atoms with E-state index in [-0.39, 0.29) is 0 Å². The number of hydrogen-bond donors (Lipinski definition) is 1. The number of ether oxygens (including phenoxy) is 1. The summed E-state index contributed by atoms with van der Waals surface area (Å²) >= 11 is 0. The number of aryl methyl sites for hydroxylation is 3. The van der Waals surface area contributed by atoms with Crippen molar-refractivity contribution in [2.45, 2.75) is 26.2 Å². The Morgan fingerprint density at radius 3 is 3.05 bits per heavy atom. The van der Waals surface area contributed by atoms with Crippen LogP contribution in [0.3, 0.4) is 0 Å². The maximum atomic E-state index is 5.91. The number of anilines is 1. The zero-order valence-corrected chi connectivity index (χ0v) is 11.1. The number of aromatic nitrogens is 1. The zero-order valence-electron chi connectivity index (χ0n) is 11.1. The minimum atomic E-state index is 0.648. The van der Waals surface area contributed by atoms with E-state index in [2.05, 4.69) is 29.2 Å². The first-order chi connectivity index (χ1) is 9.22. The molecule has 1 aromatic carbocycles. The van der Waals surface area contributed by atoms with Crippen LogP contribution < -0.4 is 10.5 Å². The normalized spacial score (nSPS) is 13.1. The lowest BCUT2D eigenvalue weighted by Crippen LogP contribution is -2.00. The van der Waals surface area contributed by atoms with Gasteiger partial charge in [-0.2, -0.15) is 0 Å². The molecule has 0 radical (unpaired) electrons. The molecule has 3 rings (SSSR count). The number of pyridine rings is 1. The van der Waals surface area contributed by atoms with E-state index in [0.717, 1.165) is 42.7 Å². The van der Waals surface area contributed by atoms with Crippen LogP contribution >= 0.6 is 0 Å². The first-order valence-corrected chi connectivity index (χ1v) is 6.68. The molecule has 0 amide bonds. The highest BCUT2D eigenvalue weighted by atomic mass is 16.5. The molecule has 0 aliphatic carbocycles. The summed E-state index contributed by atoms with van der Waals surface area (Å²) in [4.78, 5) is 4.21. The molecule has 0 fully saturated rings. The van der Waals surface area contributed by atoms with Crippen molar-refractivity contribution in [1.82, 2.24) is 4.98 Å². The van der Waals surface area contributed by atoms with E-state index < -0.39 is 0 Å². The highest BCUT2D eigenvalue weighted by molar-refractivity contribution is 5.43. The maximum absolute atomic E-state index is 5.91. The fourth-order valence-electron chi connectivity index (χ4n) is 2.51. The Labute approximate surface area is 113 Å². The van der Waals surface area contributed by atoms with Gasteiger partial charge in [-0.25, -0.2) is 4.98 Å². The van der Waals surface area contributed by atoms with Gasteiger partial charge in [0.25, 0.3) is 0 Å². The average molecular weight is 254 g/mol. The van der Waals surface area contributed by atoms with Gasteiger partial charge in [-0.05, 0) is 48.1 Å². The monoisotopic (exact) mass is 254 g/mol. The van der Waals surface area contributed by atoms with E-state index in [1.807, 2.05) is 13.1 Å². The lowest BCUT2D eigenvalue weighted by molar-refractivity contribution is 0.357. The number of nitrogen functional groups attached to an aromatic ring is 1. The van der Waals surface area contributed by atoms with Gasteiger partial charge in [0.05, 0.1) is 6.61 Å². The van der Waals surface area contributed by atoms with E-state index in [0.29, 0.717) is 5.82 Å². The zero-order chi connectivity index (χ0) is 13.2. The smallest absolute Gasteiger partial charge is 0.126 e. The third-order valence-electron chi connectivity index (χ3n) is 3.58. The molecule has 0 bridgehead atoms. The van der Waals surface area contributed by atoms with E-state index in [1.165, 1.54) is 11.1 Å². The Hall–Kier alpha value is -2.03. The molecule has 0 spiro atoms. The molecule has 98 valence electrons. The summed E-state index contributed by atoms with van der Waals surface area (Å²) in [6, 6.07) is 8.60. The van der Waals surface area contributed by atoms with Gasteiger partial charge in [0.1, 0.15) is 11.6 Å². The van der Waals surface area contributed by atoms with Crippen LogP contribution in [0.25, 0.3) is 0 Å². The summed E-state index contributed by atoms with van der Waals surface area (Å²) in [6.07, 6.45) is 4.76. The van der Waals surface area contributed by atoms with Crippen LogP contribution in [0.1, 0.15) is 22.3 Å². The molecule has 0 atom stereocenters. The number of benzene rings is 1. The molecule has 2 N–H and O–H groups in total. The quantitative estimate of drug-likeness (QED) is 0.916. The number of fused-ring (bicyclic) bond motifs is 1. The first kappa shape index (κ1) is 12.0. The minimum Gasteiger partial charge on any atom is -0.493 e. The van der Waals surface area contributed by atoms with Crippen LogP contribution in [0.4, 0.5) is 5.82 Å². The first-order valence-electron chi connectivity index (χ1n) is 6.68.